The molecule has 2 heterocycles. The lowest BCUT2D eigenvalue weighted by Crippen LogP contribution is -2.24. The van der Waals surface area contributed by atoms with E-state index in [1.807, 2.05) is 6.07 Å². The van der Waals surface area contributed by atoms with Crippen molar-refractivity contribution >= 4 is 5.97 Å². The topological polar surface area (TPSA) is 81.7 Å². The first-order valence-corrected chi connectivity index (χ1v) is 9.88. The first-order chi connectivity index (χ1) is 15.5. The molecule has 0 N–H and O–H groups in total. The average molecular weight is 431 g/mol. The lowest BCUT2D eigenvalue weighted by molar-refractivity contribution is -0.144. The Kier molecular flexibility index (Phi) is 6.08. The number of methoxy groups -OCH3 is 3. The van der Waals surface area contributed by atoms with Gasteiger partial charge in [0.05, 0.1) is 26.7 Å². The van der Waals surface area contributed by atoms with Gasteiger partial charge in [0.25, 0.3) is 0 Å². The zero-order chi connectivity index (χ0) is 22.7. The fourth-order valence-electron chi connectivity index (χ4n) is 3.86. The first-order valence-electron chi connectivity index (χ1n) is 10.4. The summed E-state index contributed by atoms with van der Waals surface area (Å²) >= 11 is 0. The van der Waals surface area contributed by atoms with Crippen LogP contribution in [0.25, 0.3) is 0 Å². The number of cyclic esters (lactones) is 1. The zero-order valence-corrected chi connectivity index (χ0v) is 17.7. The largest absolute Gasteiger partial charge is 0.493 e. The number of hydrogen-bond donors (Lipinski definition) is 0. The molecule has 31 heavy (non-hydrogen) atoms. The predicted octanol–water partition coefficient (Wildman–Crippen LogP) is 3.13. The highest BCUT2D eigenvalue weighted by atomic mass is 16.7. The van der Waals surface area contributed by atoms with Gasteiger partial charge in [-0.1, -0.05) is 12.1 Å². The number of carbonyl (C=O) groups is 1. The van der Waals surface area contributed by atoms with Crippen molar-refractivity contribution in [2.75, 3.05) is 41.5 Å². The van der Waals surface area contributed by atoms with Crippen LogP contribution in [0.2, 0.25) is 0 Å². The highest BCUT2D eigenvalue weighted by Crippen LogP contribution is 2.44. The summed E-state index contributed by atoms with van der Waals surface area (Å²) < 4.78 is 47.0. The molecule has 0 aromatic heterocycles. The molecule has 1 saturated heterocycles. The van der Waals surface area contributed by atoms with E-state index in [4.69, 9.17) is 34.5 Å². The molecule has 0 radical (unpaired) electrons. The minimum Gasteiger partial charge on any atom is -0.493 e. The molecule has 0 unspecified atom stereocenters. The lowest BCUT2D eigenvalue weighted by Gasteiger charge is -2.22. The quantitative estimate of drug-likeness (QED) is 0.340. The highest BCUT2D eigenvalue weighted by molar-refractivity contribution is 5.76. The van der Waals surface area contributed by atoms with Crippen molar-refractivity contribution in [2.24, 2.45) is 11.8 Å². The molecule has 2 aromatic carbocycles. The number of benzene rings is 2. The maximum Gasteiger partial charge on any atom is 0.310 e. The van der Waals surface area contributed by atoms with Gasteiger partial charge in [-0.15, -0.1) is 0 Å². The molecule has 0 saturated carbocycles. The van der Waals surface area contributed by atoms with Gasteiger partial charge >= 0.3 is 5.97 Å². The van der Waals surface area contributed by atoms with E-state index in [-0.39, 0.29) is 26.6 Å². The van der Waals surface area contributed by atoms with Crippen LogP contribution in [0.1, 0.15) is 18.6 Å². The van der Waals surface area contributed by atoms with Crippen molar-refractivity contribution in [3.8, 4) is 23.0 Å². The van der Waals surface area contributed by atoms with Gasteiger partial charge in [0, 0.05) is 14.4 Å². The van der Waals surface area contributed by atoms with Crippen LogP contribution in [0.15, 0.2) is 36.4 Å². The average Bonchev–Trinajstić information content (AvgIpc) is 3.36. The van der Waals surface area contributed by atoms with Crippen LogP contribution in [0.4, 0.5) is 0 Å². The standard InChI is InChI=1S/C23H26O8/c1-25-12-28-11-17-16(8-14-4-6-19-21(9-14)30-13-29-19)23(24)31-22(17)15-5-7-18(26-2)20(10-15)27-3/h4-7,9-10,16-17,22H,8,11-13H2,1-3H3/t16-,17+,22-/m0/s1/i16D. The molecule has 2 aromatic rings. The van der Waals surface area contributed by atoms with E-state index in [9.17, 15) is 4.79 Å². The molecule has 0 aliphatic carbocycles. The smallest absolute Gasteiger partial charge is 0.310 e. The number of fused-ring (bicyclic) bond motifs is 1. The Hall–Kier alpha value is -2.97. The Morgan fingerprint density at radius 1 is 1.03 bits per heavy atom. The van der Waals surface area contributed by atoms with E-state index in [1.165, 1.54) is 14.2 Å². The Bertz CT molecular complexity index is 980. The molecule has 3 atom stereocenters. The second-order valence-electron chi connectivity index (χ2n) is 7.21. The van der Waals surface area contributed by atoms with E-state index < -0.39 is 23.9 Å². The van der Waals surface area contributed by atoms with Crippen molar-refractivity contribution in [1.82, 2.24) is 0 Å². The molecule has 0 bridgehead atoms. The van der Waals surface area contributed by atoms with Crippen LogP contribution in [0, 0.1) is 11.8 Å². The second-order valence-corrected chi connectivity index (χ2v) is 7.21. The number of esters is 1. The molecule has 2 aliphatic heterocycles. The third-order valence-electron chi connectivity index (χ3n) is 5.38. The maximum absolute atomic E-state index is 13.0. The fourth-order valence-corrected chi connectivity index (χ4v) is 3.86. The highest BCUT2D eigenvalue weighted by Gasteiger charge is 2.45. The Labute approximate surface area is 182 Å². The third kappa shape index (κ3) is 4.40. The maximum atomic E-state index is 13.0. The second kappa shape index (κ2) is 9.45. The lowest BCUT2D eigenvalue weighted by atomic mass is 9.83. The molecule has 0 amide bonds. The summed E-state index contributed by atoms with van der Waals surface area (Å²) in [5.74, 6) is -0.457. The fraction of sp³-hybridized carbons (Fsp3) is 0.435. The van der Waals surface area contributed by atoms with E-state index >= 15 is 0 Å². The summed E-state index contributed by atoms with van der Waals surface area (Å²) in [5.41, 5.74) is 1.47. The van der Waals surface area contributed by atoms with Gasteiger partial charge in [-0.3, -0.25) is 4.79 Å². The molecule has 166 valence electrons. The summed E-state index contributed by atoms with van der Waals surface area (Å²) in [6.07, 6.45) is -0.557. The Morgan fingerprint density at radius 3 is 2.61 bits per heavy atom. The summed E-state index contributed by atoms with van der Waals surface area (Å²) in [7, 11) is 4.60. The molecular formula is C23H26O8. The van der Waals surface area contributed by atoms with Gasteiger partial charge in [-0.2, -0.15) is 0 Å². The van der Waals surface area contributed by atoms with Gasteiger partial charge < -0.3 is 33.2 Å². The molecular weight excluding hydrogens is 404 g/mol. The predicted molar refractivity (Wildman–Crippen MR) is 109 cm³/mol. The summed E-state index contributed by atoms with van der Waals surface area (Å²) in [6, 6.07) is 10.7. The number of carbonyl (C=O) groups excluding carboxylic acids is 1. The molecule has 2 aliphatic rings. The minimum atomic E-state index is -1.57. The van der Waals surface area contributed by atoms with E-state index in [0.29, 0.717) is 28.6 Å². The van der Waals surface area contributed by atoms with Crippen LogP contribution in [0.3, 0.4) is 0 Å². The van der Waals surface area contributed by atoms with E-state index in [1.54, 1.807) is 37.4 Å². The van der Waals surface area contributed by atoms with Crippen molar-refractivity contribution in [3.63, 3.8) is 0 Å². The minimum absolute atomic E-state index is 0.0451. The monoisotopic (exact) mass is 431 g/mol. The summed E-state index contributed by atoms with van der Waals surface area (Å²) in [4.78, 5) is 13.0. The van der Waals surface area contributed by atoms with Gasteiger partial charge in [0.2, 0.25) is 6.79 Å². The van der Waals surface area contributed by atoms with Crippen LogP contribution < -0.4 is 18.9 Å². The number of rotatable bonds is 9. The van der Waals surface area contributed by atoms with Crippen LogP contribution >= 0.6 is 0 Å². The first kappa shape index (κ1) is 20.0. The van der Waals surface area contributed by atoms with Crippen LogP contribution in [0.5, 0.6) is 23.0 Å². The molecule has 0 spiro atoms. The summed E-state index contributed by atoms with van der Waals surface area (Å²) in [6.45, 7) is 0.303. The zero-order valence-electron chi connectivity index (χ0n) is 18.7. The van der Waals surface area contributed by atoms with Crippen LogP contribution in [-0.4, -0.2) is 47.5 Å². The third-order valence-corrected chi connectivity index (χ3v) is 5.38. The van der Waals surface area contributed by atoms with Crippen LogP contribution in [-0.2, 0) is 25.4 Å². The molecule has 8 heteroatoms. The normalized spacial score (nSPS) is 24.6. The van der Waals surface area contributed by atoms with Crippen molar-refractivity contribution in [2.45, 2.75) is 12.5 Å². The Morgan fingerprint density at radius 2 is 1.84 bits per heavy atom. The SMILES string of the molecule is [2H][C@@]1(Cc2ccc3c(c2)OCO3)C(=O)O[C@@H](c2ccc(OC)c(OC)c2)[C@@H]1COCOC. The van der Waals surface area contributed by atoms with Crippen molar-refractivity contribution in [1.29, 1.82) is 0 Å². The molecule has 1 fully saturated rings. The summed E-state index contributed by atoms with van der Waals surface area (Å²) in [5, 5.41) is 0. The Balaban J connectivity index is 1.65. The number of ether oxygens (including phenoxy) is 7. The molecule has 8 nitrogen and oxygen atoms in total. The molecule has 4 rings (SSSR count). The van der Waals surface area contributed by atoms with Crippen molar-refractivity contribution in [3.05, 3.63) is 47.5 Å². The van der Waals surface area contributed by atoms with Gasteiger partial charge in [0.15, 0.2) is 23.0 Å². The van der Waals surface area contributed by atoms with E-state index in [0.717, 1.165) is 5.56 Å². The van der Waals surface area contributed by atoms with Crippen molar-refractivity contribution < 1.29 is 39.3 Å². The number of hydrogen-bond acceptors (Lipinski definition) is 8. The van der Waals surface area contributed by atoms with E-state index in [2.05, 4.69) is 0 Å². The van der Waals surface area contributed by atoms with Gasteiger partial charge in [-0.25, -0.2) is 0 Å². The van der Waals surface area contributed by atoms with Gasteiger partial charge in [-0.05, 0) is 41.8 Å². The van der Waals surface area contributed by atoms with Gasteiger partial charge in [0.1, 0.15) is 12.9 Å².